The first-order chi connectivity index (χ1) is 9.18. The standard InChI is InChI=1S/C13H15NO5/c15-12(14-5-7-18-8-6-14)9-19-11-4-2-1-3-10(11)13(16)17/h1-4H,5-9H2,(H,16,17). The third kappa shape index (κ3) is 3.45. The number of hydrogen-bond acceptors (Lipinski definition) is 4. The molecule has 1 aliphatic rings. The van der Waals surface area contributed by atoms with E-state index in [0.29, 0.717) is 26.3 Å². The van der Waals surface area contributed by atoms with Crippen LogP contribution in [0.15, 0.2) is 24.3 Å². The minimum Gasteiger partial charge on any atom is -0.483 e. The molecular weight excluding hydrogens is 250 g/mol. The first-order valence-corrected chi connectivity index (χ1v) is 5.99. The van der Waals surface area contributed by atoms with Crippen molar-refractivity contribution in [1.29, 1.82) is 0 Å². The van der Waals surface area contributed by atoms with E-state index in [2.05, 4.69) is 0 Å². The molecular formula is C13H15NO5. The predicted octanol–water partition coefficient (Wildman–Crippen LogP) is 0.622. The smallest absolute Gasteiger partial charge is 0.339 e. The van der Waals surface area contributed by atoms with Gasteiger partial charge in [0.1, 0.15) is 11.3 Å². The van der Waals surface area contributed by atoms with E-state index in [1.807, 2.05) is 0 Å². The third-order valence-corrected chi connectivity index (χ3v) is 2.83. The summed E-state index contributed by atoms with van der Waals surface area (Å²) in [5.41, 5.74) is 0.0530. The lowest BCUT2D eigenvalue weighted by molar-refractivity contribution is -0.137. The molecule has 1 saturated heterocycles. The summed E-state index contributed by atoms with van der Waals surface area (Å²) in [6, 6.07) is 6.26. The molecule has 0 atom stereocenters. The van der Waals surface area contributed by atoms with Crippen LogP contribution < -0.4 is 4.74 Å². The summed E-state index contributed by atoms with van der Waals surface area (Å²) in [7, 11) is 0. The fourth-order valence-corrected chi connectivity index (χ4v) is 1.81. The average Bonchev–Trinajstić information content (AvgIpc) is 2.46. The van der Waals surface area contributed by atoms with Crippen LogP contribution in [0.2, 0.25) is 0 Å². The number of carboxylic acid groups (broad SMARTS) is 1. The van der Waals surface area contributed by atoms with Crippen molar-refractivity contribution in [1.82, 2.24) is 4.90 Å². The van der Waals surface area contributed by atoms with Crippen LogP contribution in [0.3, 0.4) is 0 Å². The number of amides is 1. The van der Waals surface area contributed by atoms with Crippen LogP contribution in [0, 0.1) is 0 Å². The van der Waals surface area contributed by atoms with E-state index < -0.39 is 5.97 Å². The Morgan fingerprint density at radius 3 is 2.63 bits per heavy atom. The van der Waals surface area contributed by atoms with E-state index >= 15 is 0 Å². The van der Waals surface area contributed by atoms with Gasteiger partial charge in [-0.15, -0.1) is 0 Å². The Hall–Kier alpha value is -2.08. The highest BCUT2D eigenvalue weighted by atomic mass is 16.5. The molecule has 0 spiro atoms. The lowest BCUT2D eigenvalue weighted by Crippen LogP contribution is -2.43. The van der Waals surface area contributed by atoms with Crippen molar-refractivity contribution < 1.29 is 24.2 Å². The monoisotopic (exact) mass is 265 g/mol. The molecule has 1 aromatic carbocycles. The zero-order valence-electron chi connectivity index (χ0n) is 10.4. The first-order valence-electron chi connectivity index (χ1n) is 5.99. The number of carbonyl (C=O) groups excluding carboxylic acids is 1. The highest BCUT2D eigenvalue weighted by Gasteiger charge is 2.18. The number of nitrogens with zero attached hydrogens (tertiary/aromatic N) is 1. The number of ether oxygens (including phenoxy) is 2. The lowest BCUT2D eigenvalue weighted by atomic mass is 10.2. The number of aromatic carboxylic acids is 1. The zero-order chi connectivity index (χ0) is 13.7. The van der Waals surface area contributed by atoms with Crippen LogP contribution in [0.5, 0.6) is 5.75 Å². The Bertz CT molecular complexity index is 468. The van der Waals surface area contributed by atoms with Gasteiger partial charge in [-0.2, -0.15) is 0 Å². The van der Waals surface area contributed by atoms with Crippen LogP contribution in [0.1, 0.15) is 10.4 Å². The summed E-state index contributed by atoms with van der Waals surface area (Å²) >= 11 is 0. The van der Waals surface area contributed by atoms with Crippen LogP contribution in [-0.2, 0) is 9.53 Å². The molecule has 0 radical (unpaired) electrons. The number of rotatable bonds is 4. The Morgan fingerprint density at radius 2 is 1.95 bits per heavy atom. The molecule has 19 heavy (non-hydrogen) atoms. The Labute approximate surface area is 110 Å². The SMILES string of the molecule is O=C(O)c1ccccc1OCC(=O)N1CCOCC1. The van der Waals surface area contributed by atoms with Crippen LogP contribution >= 0.6 is 0 Å². The van der Waals surface area contributed by atoms with E-state index in [-0.39, 0.29) is 23.8 Å². The molecule has 0 unspecified atom stereocenters. The molecule has 0 aliphatic carbocycles. The topological polar surface area (TPSA) is 76.1 Å². The predicted molar refractivity (Wildman–Crippen MR) is 66.3 cm³/mol. The first kappa shape index (κ1) is 13.4. The molecule has 0 aromatic heterocycles. The molecule has 1 fully saturated rings. The quantitative estimate of drug-likeness (QED) is 0.863. The Balaban J connectivity index is 1.94. The van der Waals surface area contributed by atoms with Gasteiger partial charge in [-0.3, -0.25) is 4.79 Å². The summed E-state index contributed by atoms with van der Waals surface area (Å²) < 4.78 is 10.5. The fourth-order valence-electron chi connectivity index (χ4n) is 1.81. The van der Waals surface area contributed by atoms with E-state index in [4.69, 9.17) is 14.6 Å². The van der Waals surface area contributed by atoms with Crippen molar-refractivity contribution in [3.63, 3.8) is 0 Å². The maximum absolute atomic E-state index is 11.9. The van der Waals surface area contributed by atoms with E-state index in [9.17, 15) is 9.59 Å². The third-order valence-electron chi connectivity index (χ3n) is 2.83. The molecule has 1 amide bonds. The van der Waals surface area contributed by atoms with Gasteiger partial charge in [-0.05, 0) is 12.1 Å². The lowest BCUT2D eigenvalue weighted by Gasteiger charge is -2.26. The summed E-state index contributed by atoms with van der Waals surface area (Å²) in [6.07, 6.45) is 0. The molecule has 6 nitrogen and oxygen atoms in total. The average molecular weight is 265 g/mol. The number of hydrogen-bond donors (Lipinski definition) is 1. The van der Waals surface area contributed by atoms with Gasteiger partial charge < -0.3 is 19.5 Å². The summed E-state index contributed by atoms with van der Waals surface area (Å²) in [5.74, 6) is -1.03. The fraction of sp³-hybridized carbons (Fsp3) is 0.385. The summed E-state index contributed by atoms with van der Waals surface area (Å²) in [4.78, 5) is 24.5. The summed E-state index contributed by atoms with van der Waals surface area (Å²) in [5, 5.41) is 8.99. The number of benzene rings is 1. The minimum atomic E-state index is -1.07. The van der Waals surface area contributed by atoms with Crippen LogP contribution in [0.4, 0.5) is 0 Å². The van der Waals surface area contributed by atoms with E-state index in [0.717, 1.165) is 0 Å². The number of morpholine rings is 1. The van der Waals surface area contributed by atoms with E-state index in [1.54, 1.807) is 17.0 Å². The van der Waals surface area contributed by atoms with Gasteiger partial charge in [0.2, 0.25) is 0 Å². The van der Waals surface area contributed by atoms with Gasteiger partial charge in [0, 0.05) is 13.1 Å². The molecule has 2 rings (SSSR count). The van der Waals surface area contributed by atoms with Crippen LogP contribution in [-0.4, -0.2) is 54.8 Å². The molecule has 0 bridgehead atoms. The van der Waals surface area contributed by atoms with Gasteiger partial charge in [0.05, 0.1) is 13.2 Å². The highest BCUT2D eigenvalue weighted by Crippen LogP contribution is 2.17. The van der Waals surface area contributed by atoms with Crippen molar-refractivity contribution in [2.24, 2.45) is 0 Å². The van der Waals surface area contributed by atoms with Crippen LogP contribution in [0.25, 0.3) is 0 Å². The second-order valence-electron chi connectivity index (χ2n) is 4.08. The Morgan fingerprint density at radius 1 is 1.26 bits per heavy atom. The van der Waals surface area contributed by atoms with Crippen molar-refractivity contribution in [2.75, 3.05) is 32.9 Å². The molecule has 1 aliphatic heterocycles. The summed E-state index contributed by atoms with van der Waals surface area (Å²) in [6.45, 7) is 1.98. The molecule has 0 saturated carbocycles. The van der Waals surface area contributed by atoms with Gasteiger partial charge in [-0.25, -0.2) is 4.79 Å². The highest BCUT2D eigenvalue weighted by molar-refractivity contribution is 5.91. The largest absolute Gasteiger partial charge is 0.483 e. The van der Waals surface area contributed by atoms with Crippen molar-refractivity contribution in [2.45, 2.75) is 0 Å². The Kier molecular flexibility index (Phi) is 4.35. The van der Waals surface area contributed by atoms with Crippen molar-refractivity contribution in [3.05, 3.63) is 29.8 Å². The number of para-hydroxylation sites is 1. The molecule has 1 N–H and O–H groups in total. The van der Waals surface area contributed by atoms with Gasteiger partial charge in [-0.1, -0.05) is 12.1 Å². The number of carboxylic acids is 1. The van der Waals surface area contributed by atoms with Crippen molar-refractivity contribution >= 4 is 11.9 Å². The maximum atomic E-state index is 11.9. The van der Waals surface area contributed by atoms with Gasteiger partial charge in [0.15, 0.2) is 6.61 Å². The molecule has 102 valence electrons. The normalized spacial score (nSPS) is 15.1. The molecule has 1 heterocycles. The zero-order valence-corrected chi connectivity index (χ0v) is 10.4. The van der Waals surface area contributed by atoms with Gasteiger partial charge in [0.25, 0.3) is 5.91 Å². The second-order valence-corrected chi connectivity index (χ2v) is 4.08. The molecule has 6 heteroatoms. The number of carbonyl (C=O) groups is 2. The maximum Gasteiger partial charge on any atom is 0.339 e. The molecule has 1 aromatic rings. The minimum absolute atomic E-state index is 0.0530. The van der Waals surface area contributed by atoms with Gasteiger partial charge >= 0.3 is 5.97 Å². The van der Waals surface area contributed by atoms with E-state index in [1.165, 1.54) is 12.1 Å². The van der Waals surface area contributed by atoms with Crippen molar-refractivity contribution in [3.8, 4) is 5.75 Å². The second kappa shape index (κ2) is 6.19.